The molecule has 1 fully saturated rings. The van der Waals surface area contributed by atoms with Crippen LogP contribution < -0.4 is 10.1 Å². The maximum Gasteiger partial charge on any atom is 0.262 e. The largest absolute Gasteiger partial charge is 0.483 e. The van der Waals surface area contributed by atoms with Crippen molar-refractivity contribution < 1.29 is 27.1 Å². The lowest BCUT2D eigenvalue weighted by Crippen LogP contribution is -2.40. The molecule has 0 aromatic heterocycles. The van der Waals surface area contributed by atoms with Gasteiger partial charge in [0.1, 0.15) is 11.6 Å². The molecular formula is C18H18BrFN2O5S. The van der Waals surface area contributed by atoms with E-state index in [4.69, 9.17) is 9.47 Å². The summed E-state index contributed by atoms with van der Waals surface area (Å²) in [5, 5.41) is 2.62. The minimum absolute atomic E-state index is 0.152. The minimum atomic E-state index is -3.58. The lowest BCUT2D eigenvalue weighted by atomic mass is 10.3. The summed E-state index contributed by atoms with van der Waals surface area (Å²) in [7, 11) is -3.58. The zero-order valence-corrected chi connectivity index (χ0v) is 17.1. The summed E-state index contributed by atoms with van der Waals surface area (Å²) in [6.45, 7) is 1.10. The first-order valence-electron chi connectivity index (χ1n) is 8.42. The average molecular weight is 473 g/mol. The summed E-state index contributed by atoms with van der Waals surface area (Å²) in [5.41, 5.74) is 0.438. The van der Waals surface area contributed by atoms with E-state index in [2.05, 4.69) is 21.2 Å². The molecule has 1 aliphatic rings. The Morgan fingerprint density at radius 3 is 2.50 bits per heavy atom. The summed E-state index contributed by atoms with van der Waals surface area (Å²) in [6.07, 6.45) is 0. The Kier molecular flexibility index (Phi) is 6.65. The first-order chi connectivity index (χ1) is 13.4. The van der Waals surface area contributed by atoms with Crippen LogP contribution >= 0.6 is 15.9 Å². The molecule has 0 aliphatic carbocycles. The van der Waals surface area contributed by atoms with E-state index in [1.807, 2.05) is 0 Å². The van der Waals surface area contributed by atoms with E-state index in [1.165, 1.54) is 46.8 Å². The number of morpholine rings is 1. The summed E-state index contributed by atoms with van der Waals surface area (Å²) < 4.78 is 50.5. The molecule has 1 amide bonds. The molecule has 7 nitrogen and oxygen atoms in total. The van der Waals surface area contributed by atoms with Crippen LogP contribution in [0.1, 0.15) is 0 Å². The van der Waals surface area contributed by atoms with Crippen molar-refractivity contribution in [3.8, 4) is 5.75 Å². The first kappa shape index (κ1) is 20.7. The molecule has 2 aromatic rings. The van der Waals surface area contributed by atoms with Gasteiger partial charge < -0.3 is 14.8 Å². The number of amides is 1. The summed E-state index contributed by atoms with van der Waals surface area (Å²) >= 11 is 3.16. The Balaban J connectivity index is 1.58. The van der Waals surface area contributed by atoms with Gasteiger partial charge in [-0.25, -0.2) is 12.8 Å². The molecule has 150 valence electrons. The number of nitrogens with zero attached hydrogens (tertiary/aromatic N) is 1. The Morgan fingerprint density at radius 1 is 1.18 bits per heavy atom. The molecule has 0 spiro atoms. The van der Waals surface area contributed by atoms with Crippen molar-refractivity contribution in [3.05, 3.63) is 52.8 Å². The predicted molar refractivity (Wildman–Crippen MR) is 104 cm³/mol. The fraction of sp³-hybridized carbons (Fsp3) is 0.278. The Labute approximate surface area is 170 Å². The van der Waals surface area contributed by atoms with Gasteiger partial charge in [-0.2, -0.15) is 4.31 Å². The van der Waals surface area contributed by atoms with Gasteiger partial charge in [-0.3, -0.25) is 4.79 Å². The van der Waals surface area contributed by atoms with Crippen LogP contribution in [0.15, 0.2) is 51.8 Å². The lowest BCUT2D eigenvalue weighted by molar-refractivity contribution is -0.118. The number of anilines is 1. The molecule has 1 heterocycles. The Morgan fingerprint density at radius 2 is 1.86 bits per heavy atom. The molecule has 28 heavy (non-hydrogen) atoms. The second kappa shape index (κ2) is 8.99. The normalized spacial score (nSPS) is 15.2. The molecule has 0 saturated carbocycles. The molecule has 0 unspecified atom stereocenters. The number of rotatable bonds is 6. The molecular weight excluding hydrogens is 455 g/mol. The number of benzene rings is 2. The highest BCUT2D eigenvalue weighted by Gasteiger charge is 2.26. The van der Waals surface area contributed by atoms with Crippen LogP contribution in [0.4, 0.5) is 10.1 Å². The predicted octanol–water partition coefficient (Wildman–Crippen LogP) is 2.63. The van der Waals surface area contributed by atoms with E-state index in [0.29, 0.717) is 42.2 Å². The van der Waals surface area contributed by atoms with Crippen LogP contribution in [0, 0.1) is 5.82 Å². The van der Waals surface area contributed by atoms with Gasteiger partial charge in [-0.1, -0.05) is 0 Å². The number of halogens is 2. The number of carbonyl (C=O) groups excluding carboxylic acids is 1. The summed E-state index contributed by atoms with van der Waals surface area (Å²) in [6, 6.07) is 9.79. The second-order valence-electron chi connectivity index (χ2n) is 5.95. The van der Waals surface area contributed by atoms with Crippen LogP contribution in [-0.2, 0) is 19.6 Å². The smallest absolute Gasteiger partial charge is 0.262 e. The number of hydrogen-bond donors (Lipinski definition) is 1. The zero-order chi connectivity index (χ0) is 20.1. The Bertz CT molecular complexity index is 947. The highest BCUT2D eigenvalue weighted by molar-refractivity contribution is 9.10. The topological polar surface area (TPSA) is 84.9 Å². The standard InChI is InChI=1S/C18H18BrFN2O5S/c19-16-11-13(20)1-6-17(16)27-12-18(23)21-14-2-4-15(5-3-14)28(24,25)22-7-9-26-10-8-22/h1-6,11H,7-10,12H2,(H,21,23). The third kappa shape index (κ3) is 5.07. The van der Waals surface area contributed by atoms with E-state index >= 15 is 0 Å². The average Bonchev–Trinajstić information content (AvgIpc) is 2.68. The highest BCUT2D eigenvalue weighted by Crippen LogP contribution is 2.25. The third-order valence-corrected chi connectivity index (χ3v) is 6.53. The Hall–Kier alpha value is -2.01. The quantitative estimate of drug-likeness (QED) is 0.698. The van der Waals surface area contributed by atoms with E-state index in [-0.39, 0.29) is 11.5 Å². The number of carbonyl (C=O) groups is 1. The number of sulfonamides is 1. The lowest BCUT2D eigenvalue weighted by Gasteiger charge is -2.26. The fourth-order valence-corrected chi connectivity index (χ4v) is 4.45. The van der Waals surface area contributed by atoms with Crippen molar-refractivity contribution in [1.29, 1.82) is 0 Å². The molecule has 1 N–H and O–H groups in total. The van der Waals surface area contributed by atoms with Gasteiger partial charge in [-0.05, 0) is 58.4 Å². The number of ether oxygens (including phenoxy) is 2. The maximum atomic E-state index is 13.1. The summed E-state index contributed by atoms with van der Waals surface area (Å²) in [5.74, 6) is -0.515. The van der Waals surface area contributed by atoms with Crippen molar-refractivity contribution in [2.75, 3.05) is 38.2 Å². The van der Waals surface area contributed by atoms with Crippen molar-refractivity contribution >= 4 is 37.5 Å². The van der Waals surface area contributed by atoms with Gasteiger partial charge in [0.25, 0.3) is 5.91 Å². The summed E-state index contributed by atoms with van der Waals surface area (Å²) in [4.78, 5) is 12.2. The molecule has 10 heteroatoms. The van der Waals surface area contributed by atoms with Crippen LogP contribution in [0.3, 0.4) is 0 Å². The van der Waals surface area contributed by atoms with Crippen molar-refractivity contribution in [3.63, 3.8) is 0 Å². The van der Waals surface area contributed by atoms with Crippen molar-refractivity contribution in [1.82, 2.24) is 4.31 Å². The molecule has 0 atom stereocenters. The monoisotopic (exact) mass is 472 g/mol. The van der Waals surface area contributed by atoms with Crippen LogP contribution in [0.5, 0.6) is 5.75 Å². The van der Waals surface area contributed by atoms with Gasteiger partial charge in [0.05, 0.1) is 22.6 Å². The SMILES string of the molecule is O=C(COc1ccc(F)cc1Br)Nc1ccc(S(=O)(=O)N2CCOCC2)cc1. The molecule has 1 aliphatic heterocycles. The zero-order valence-electron chi connectivity index (χ0n) is 14.7. The van der Waals surface area contributed by atoms with Gasteiger partial charge in [-0.15, -0.1) is 0 Å². The minimum Gasteiger partial charge on any atom is -0.483 e. The van der Waals surface area contributed by atoms with Crippen LogP contribution in [0.25, 0.3) is 0 Å². The van der Waals surface area contributed by atoms with Gasteiger partial charge in [0.2, 0.25) is 10.0 Å². The molecule has 0 radical (unpaired) electrons. The molecule has 3 rings (SSSR count). The van der Waals surface area contributed by atoms with E-state index < -0.39 is 21.7 Å². The number of hydrogen-bond acceptors (Lipinski definition) is 5. The molecule has 0 bridgehead atoms. The van der Waals surface area contributed by atoms with E-state index in [0.717, 1.165) is 0 Å². The second-order valence-corrected chi connectivity index (χ2v) is 8.74. The van der Waals surface area contributed by atoms with Gasteiger partial charge >= 0.3 is 0 Å². The number of nitrogens with one attached hydrogen (secondary N) is 1. The molecule has 2 aromatic carbocycles. The van der Waals surface area contributed by atoms with Gasteiger partial charge in [0, 0.05) is 18.8 Å². The van der Waals surface area contributed by atoms with Crippen LogP contribution in [-0.4, -0.2) is 51.5 Å². The molecule has 1 saturated heterocycles. The van der Waals surface area contributed by atoms with Crippen LogP contribution in [0.2, 0.25) is 0 Å². The van der Waals surface area contributed by atoms with E-state index in [9.17, 15) is 17.6 Å². The van der Waals surface area contributed by atoms with Crippen molar-refractivity contribution in [2.45, 2.75) is 4.90 Å². The maximum absolute atomic E-state index is 13.1. The van der Waals surface area contributed by atoms with Gasteiger partial charge in [0.15, 0.2) is 6.61 Å². The third-order valence-electron chi connectivity index (χ3n) is 4.00. The van der Waals surface area contributed by atoms with Crippen molar-refractivity contribution in [2.24, 2.45) is 0 Å². The highest BCUT2D eigenvalue weighted by atomic mass is 79.9. The van der Waals surface area contributed by atoms with E-state index in [1.54, 1.807) is 0 Å². The fourth-order valence-electron chi connectivity index (χ4n) is 2.58. The first-order valence-corrected chi connectivity index (χ1v) is 10.7.